The molecule has 1 aliphatic heterocycles. The van der Waals surface area contributed by atoms with E-state index in [9.17, 15) is 14.4 Å². The number of carbonyl (C=O) groups is 3. The fourth-order valence-electron chi connectivity index (χ4n) is 2.85. The standard InChI is InChI=1S/C20H13NO3S/c22-18(15-10-9-13-5-1-2-6-14(13)11-15)12-25-21-19(23)16-7-3-4-8-17(16)20(21)24/h1-11H,12H2. The van der Waals surface area contributed by atoms with E-state index < -0.39 is 0 Å². The molecule has 4 rings (SSSR count). The number of hydrogen-bond donors (Lipinski definition) is 0. The molecule has 3 aromatic rings. The van der Waals surface area contributed by atoms with Crippen molar-refractivity contribution in [2.24, 2.45) is 0 Å². The molecule has 0 radical (unpaired) electrons. The van der Waals surface area contributed by atoms with Gasteiger partial charge in [0.2, 0.25) is 0 Å². The SMILES string of the molecule is O=C(CSN1C(=O)c2ccccc2C1=O)c1ccc2ccccc2c1. The first-order valence-electron chi connectivity index (χ1n) is 7.78. The lowest BCUT2D eigenvalue weighted by Gasteiger charge is -2.11. The number of fused-ring (bicyclic) bond motifs is 2. The van der Waals surface area contributed by atoms with Gasteiger partial charge in [-0.25, -0.2) is 4.31 Å². The smallest absolute Gasteiger partial charge is 0.271 e. The zero-order chi connectivity index (χ0) is 17.4. The van der Waals surface area contributed by atoms with Crippen LogP contribution in [0.1, 0.15) is 31.1 Å². The number of imide groups is 1. The van der Waals surface area contributed by atoms with Crippen molar-refractivity contribution in [2.45, 2.75) is 0 Å². The average molecular weight is 347 g/mol. The maximum atomic E-state index is 12.5. The highest BCUT2D eigenvalue weighted by molar-refractivity contribution is 7.98. The number of amides is 2. The number of Topliss-reactive ketones (excluding diaryl/α,β-unsaturated/α-hetero) is 1. The monoisotopic (exact) mass is 347 g/mol. The summed E-state index contributed by atoms with van der Waals surface area (Å²) < 4.78 is 1.07. The van der Waals surface area contributed by atoms with E-state index in [1.54, 1.807) is 30.3 Å². The minimum Gasteiger partial charge on any atom is -0.293 e. The summed E-state index contributed by atoms with van der Waals surface area (Å²) in [6.45, 7) is 0. The number of hydrogen-bond acceptors (Lipinski definition) is 4. The highest BCUT2D eigenvalue weighted by Gasteiger charge is 2.36. The Balaban J connectivity index is 1.50. The second-order valence-corrected chi connectivity index (χ2v) is 6.62. The molecule has 0 atom stereocenters. The van der Waals surface area contributed by atoms with Crippen LogP contribution < -0.4 is 0 Å². The number of carbonyl (C=O) groups excluding carboxylic acids is 3. The van der Waals surface area contributed by atoms with Gasteiger partial charge < -0.3 is 0 Å². The fraction of sp³-hybridized carbons (Fsp3) is 0.0500. The molecular weight excluding hydrogens is 334 g/mol. The van der Waals surface area contributed by atoms with Gasteiger partial charge in [0.15, 0.2) is 5.78 Å². The summed E-state index contributed by atoms with van der Waals surface area (Å²) in [4.78, 5) is 37.1. The lowest BCUT2D eigenvalue weighted by atomic mass is 10.1. The molecule has 0 fully saturated rings. The second-order valence-electron chi connectivity index (χ2n) is 5.71. The van der Waals surface area contributed by atoms with Crippen molar-refractivity contribution in [3.63, 3.8) is 0 Å². The Morgan fingerprint density at radius 3 is 2.08 bits per heavy atom. The van der Waals surface area contributed by atoms with Crippen LogP contribution in [0.4, 0.5) is 0 Å². The maximum absolute atomic E-state index is 12.5. The van der Waals surface area contributed by atoms with Gasteiger partial charge in [0.05, 0.1) is 16.9 Å². The fourth-order valence-corrected chi connectivity index (χ4v) is 3.70. The lowest BCUT2D eigenvalue weighted by molar-refractivity contribution is 0.0777. The van der Waals surface area contributed by atoms with Crippen LogP contribution >= 0.6 is 11.9 Å². The zero-order valence-electron chi connectivity index (χ0n) is 13.1. The van der Waals surface area contributed by atoms with Gasteiger partial charge in [-0.2, -0.15) is 0 Å². The van der Waals surface area contributed by atoms with Crippen molar-refractivity contribution in [1.82, 2.24) is 4.31 Å². The Labute approximate surface area is 148 Å². The van der Waals surface area contributed by atoms with Crippen molar-refractivity contribution < 1.29 is 14.4 Å². The maximum Gasteiger partial charge on any atom is 0.271 e. The van der Waals surface area contributed by atoms with Crippen LogP contribution in [0.5, 0.6) is 0 Å². The van der Waals surface area contributed by atoms with E-state index in [2.05, 4.69) is 0 Å². The van der Waals surface area contributed by atoms with E-state index >= 15 is 0 Å². The Kier molecular flexibility index (Phi) is 3.86. The molecule has 0 aliphatic carbocycles. The molecule has 0 N–H and O–H groups in total. The first kappa shape index (κ1) is 15.6. The van der Waals surface area contributed by atoms with E-state index in [0.717, 1.165) is 27.0 Å². The van der Waals surface area contributed by atoms with Crippen LogP contribution in [0.3, 0.4) is 0 Å². The quantitative estimate of drug-likeness (QED) is 0.407. The summed E-state index contributed by atoms with van der Waals surface area (Å²) in [6.07, 6.45) is 0. The minimum absolute atomic E-state index is 0.0316. The first-order chi connectivity index (χ1) is 12.1. The summed E-state index contributed by atoms with van der Waals surface area (Å²) in [6, 6.07) is 20.0. The molecule has 0 saturated heterocycles. The van der Waals surface area contributed by atoms with Gasteiger partial charge >= 0.3 is 0 Å². The number of rotatable bonds is 4. The Morgan fingerprint density at radius 2 is 1.40 bits per heavy atom. The van der Waals surface area contributed by atoms with Crippen molar-refractivity contribution in [3.05, 3.63) is 83.4 Å². The summed E-state index contributed by atoms with van der Waals surface area (Å²) in [5.74, 6) is -0.815. The van der Waals surface area contributed by atoms with E-state index in [1.165, 1.54) is 0 Å². The van der Waals surface area contributed by atoms with Crippen molar-refractivity contribution in [3.8, 4) is 0 Å². The Bertz CT molecular complexity index is 993. The van der Waals surface area contributed by atoms with Gasteiger partial charge in [0.25, 0.3) is 11.8 Å². The third-order valence-electron chi connectivity index (χ3n) is 4.15. The molecule has 122 valence electrons. The molecule has 4 nitrogen and oxygen atoms in total. The van der Waals surface area contributed by atoms with Crippen LogP contribution in [0, 0.1) is 0 Å². The first-order valence-corrected chi connectivity index (χ1v) is 8.72. The van der Waals surface area contributed by atoms with Crippen molar-refractivity contribution in [2.75, 3.05) is 5.75 Å². The van der Waals surface area contributed by atoms with Crippen molar-refractivity contribution in [1.29, 1.82) is 0 Å². The average Bonchev–Trinajstić information content (AvgIpc) is 2.90. The molecule has 1 heterocycles. The molecule has 0 unspecified atom stereocenters. The molecule has 3 aromatic carbocycles. The largest absolute Gasteiger partial charge is 0.293 e. The third kappa shape index (κ3) is 2.72. The van der Waals surface area contributed by atoms with Crippen LogP contribution in [0.25, 0.3) is 10.8 Å². The predicted octanol–water partition coefficient (Wildman–Crippen LogP) is 3.97. The van der Waals surface area contributed by atoms with Gasteiger partial charge in [-0.15, -0.1) is 0 Å². The van der Waals surface area contributed by atoms with E-state index in [4.69, 9.17) is 0 Å². The van der Waals surface area contributed by atoms with E-state index in [1.807, 2.05) is 36.4 Å². The molecule has 2 amide bonds. The zero-order valence-corrected chi connectivity index (χ0v) is 14.0. The Hall–Kier alpha value is -2.92. The number of nitrogens with zero attached hydrogens (tertiary/aromatic N) is 1. The van der Waals surface area contributed by atoms with Crippen molar-refractivity contribution >= 4 is 40.3 Å². The van der Waals surface area contributed by atoms with E-state index in [-0.39, 0.29) is 23.4 Å². The van der Waals surface area contributed by atoms with Gasteiger partial charge in [0.1, 0.15) is 0 Å². The topological polar surface area (TPSA) is 54.5 Å². The van der Waals surface area contributed by atoms with Crippen LogP contribution in [0.15, 0.2) is 66.7 Å². The van der Waals surface area contributed by atoms with Crippen LogP contribution in [-0.4, -0.2) is 27.7 Å². The van der Waals surface area contributed by atoms with Gasteiger partial charge in [0, 0.05) is 5.56 Å². The molecule has 1 aliphatic rings. The highest BCUT2D eigenvalue weighted by atomic mass is 32.2. The molecule has 0 spiro atoms. The van der Waals surface area contributed by atoms with E-state index in [0.29, 0.717) is 16.7 Å². The molecule has 5 heteroatoms. The predicted molar refractivity (Wildman–Crippen MR) is 97.7 cm³/mol. The Morgan fingerprint density at radius 1 is 0.800 bits per heavy atom. The third-order valence-corrected chi connectivity index (χ3v) is 5.13. The van der Waals surface area contributed by atoms with Crippen LogP contribution in [0.2, 0.25) is 0 Å². The summed E-state index contributed by atoms with van der Waals surface area (Å²) in [7, 11) is 0. The molecular formula is C20H13NO3S. The van der Waals surface area contributed by atoms with Crippen LogP contribution in [-0.2, 0) is 0 Å². The summed E-state index contributed by atoms with van der Waals surface area (Å²) >= 11 is 0.950. The lowest BCUT2D eigenvalue weighted by Crippen LogP contribution is -2.24. The highest BCUT2D eigenvalue weighted by Crippen LogP contribution is 2.28. The molecule has 0 bridgehead atoms. The van der Waals surface area contributed by atoms with Gasteiger partial charge in [-0.3, -0.25) is 14.4 Å². The van der Waals surface area contributed by atoms with Gasteiger partial charge in [-0.1, -0.05) is 48.5 Å². The minimum atomic E-state index is -0.364. The summed E-state index contributed by atoms with van der Waals surface area (Å²) in [5, 5.41) is 2.05. The normalized spacial score (nSPS) is 13.4. The summed E-state index contributed by atoms with van der Waals surface area (Å²) in [5.41, 5.74) is 1.35. The molecule has 0 saturated carbocycles. The number of ketones is 1. The molecule has 0 aromatic heterocycles. The van der Waals surface area contributed by atoms with Gasteiger partial charge in [-0.05, 0) is 40.9 Å². The number of benzene rings is 3. The second kappa shape index (κ2) is 6.18. The molecule has 25 heavy (non-hydrogen) atoms.